The number of fused-ring (bicyclic) bond motifs is 4. The fraction of sp³-hybridized carbons (Fsp3) is 0.524. The van der Waals surface area contributed by atoms with E-state index in [0.29, 0.717) is 26.1 Å². The van der Waals surface area contributed by atoms with E-state index in [4.69, 9.17) is 37.9 Å². The van der Waals surface area contributed by atoms with Crippen molar-refractivity contribution in [1.29, 1.82) is 0 Å². The molecule has 4 heterocycles. The first-order chi connectivity index (χ1) is 27.8. The second-order valence-corrected chi connectivity index (χ2v) is 15.7. The largest absolute Gasteiger partial charge is 0.506 e. The Morgan fingerprint density at radius 1 is 0.638 bits per heavy atom. The molecule has 0 bridgehead atoms. The molecule has 2 saturated carbocycles. The Morgan fingerprint density at radius 2 is 1.03 bits per heavy atom. The van der Waals surface area contributed by atoms with Crippen molar-refractivity contribution >= 4 is 35.0 Å². The van der Waals surface area contributed by atoms with Crippen LogP contribution in [-0.2, 0) is 47.6 Å². The number of hydrogen-bond donors (Lipinski definition) is 4. The van der Waals surface area contributed by atoms with E-state index >= 15 is 0 Å². The van der Waals surface area contributed by atoms with Crippen molar-refractivity contribution in [2.45, 2.75) is 101 Å². The predicted octanol–water partition coefficient (Wildman–Crippen LogP) is 4.95. The molecule has 310 valence electrons. The van der Waals surface area contributed by atoms with Crippen LogP contribution < -0.4 is 9.47 Å². The second-order valence-electron chi connectivity index (χ2n) is 15.7. The van der Waals surface area contributed by atoms with Gasteiger partial charge in [0, 0.05) is 37.2 Å². The van der Waals surface area contributed by atoms with Crippen molar-refractivity contribution in [2.75, 3.05) is 27.4 Å². The van der Waals surface area contributed by atoms with Gasteiger partial charge in [-0.3, -0.25) is 9.59 Å². The predicted molar refractivity (Wildman–Crippen MR) is 200 cm³/mol. The number of benzene rings is 2. The van der Waals surface area contributed by atoms with Gasteiger partial charge in [0.25, 0.3) is 11.2 Å². The van der Waals surface area contributed by atoms with Crippen LogP contribution in [0.25, 0.3) is 22.6 Å². The zero-order valence-electron chi connectivity index (χ0n) is 32.5. The maximum absolute atomic E-state index is 13.8. The van der Waals surface area contributed by atoms with E-state index in [1.54, 1.807) is 13.8 Å². The van der Waals surface area contributed by atoms with Gasteiger partial charge in [-0.15, -0.1) is 0 Å². The molecule has 0 aromatic heterocycles. The highest BCUT2D eigenvalue weighted by molar-refractivity contribution is 6.14. The number of aliphatic hydroxyl groups excluding tert-OH is 2. The number of esters is 2. The molecule has 16 heteroatoms. The molecule has 0 radical (unpaired) electrons. The molecule has 4 fully saturated rings. The van der Waals surface area contributed by atoms with Gasteiger partial charge in [0.15, 0.2) is 24.1 Å². The number of carbonyl (C=O) groups is 4. The molecular formula is C42H46O16. The van der Waals surface area contributed by atoms with E-state index in [-0.39, 0.29) is 46.6 Å². The molecule has 0 amide bonds. The van der Waals surface area contributed by atoms with Crippen LogP contribution in [0.5, 0.6) is 23.0 Å². The van der Waals surface area contributed by atoms with E-state index < -0.39 is 105 Å². The summed E-state index contributed by atoms with van der Waals surface area (Å²) in [6, 6.07) is 5.33. The fourth-order valence-electron chi connectivity index (χ4n) is 9.39. The van der Waals surface area contributed by atoms with E-state index in [1.807, 2.05) is 0 Å². The number of carbonyl (C=O) groups excluding carboxylic acids is 4. The molecule has 2 aromatic rings. The van der Waals surface area contributed by atoms with Crippen LogP contribution >= 0.6 is 0 Å². The number of ether oxygens (including phenoxy) is 8. The molecule has 16 nitrogen and oxygen atoms in total. The quantitative estimate of drug-likeness (QED) is 0.272. The molecule has 0 spiro atoms. The molecule has 4 N–H and O–H groups in total. The molecule has 2 aromatic carbocycles. The lowest BCUT2D eigenvalue weighted by Crippen LogP contribution is -2.65. The second kappa shape index (κ2) is 14.9. The summed E-state index contributed by atoms with van der Waals surface area (Å²) in [7, 11) is 2.23. The molecule has 4 aliphatic heterocycles. The van der Waals surface area contributed by atoms with Crippen molar-refractivity contribution in [1.82, 2.24) is 0 Å². The molecule has 2 saturated heterocycles. The summed E-state index contributed by atoms with van der Waals surface area (Å²) in [6.45, 7) is 4.30. The molecule has 2 aliphatic carbocycles. The Kier molecular flexibility index (Phi) is 10.2. The Bertz CT molecular complexity index is 1980. The van der Waals surface area contributed by atoms with E-state index in [9.17, 15) is 39.6 Å². The first-order valence-corrected chi connectivity index (χ1v) is 19.6. The summed E-state index contributed by atoms with van der Waals surface area (Å²) in [4.78, 5) is 55.2. The van der Waals surface area contributed by atoms with Gasteiger partial charge in [0.2, 0.25) is 0 Å². The highest BCUT2D eigenvalue weighted by Crippen LogP contribution is 2.56. The monoisotopic (exact) mass is 806 g/mol. The average Bonchev–Trinajstić information content (AvgIpc) is 3.21. The highest BCUT2D eigenvalue weighted by atomic mass is 16.7. The number of rotatable bonds is 7. The van der Waals surface area contributed by atoms with Crippen LogP contribution in [0.15, 0.2) is 35.4 Å². The lowest BCUT2D eigenvalue weighted by molar-refractivity contribution is -0.236. The van der Waals surface area contributed by atoms with Gasteiger partial charge in [-0.1, -0.05) is 13.8 Å². The molecule has 8 atom stereocenters. The summed E-state index contributed by atoms with van der Waals surface area (Å²) in [5, 5.41) is 47.6. The molecule has 2 unspecified atom stereocenters. The number of phenols is 2. The third kappa shape index (κ3) is 5.86. The van der Waals surface area contributed by atoms with Gasteiger partial charge in [-0.2, -0.15) is 0 Å². The maximum Gasteiger partial charge on any atom is 0.358 e. The molecular weight excluding hydrogens is 760 g/mol. The third-order valence-corrected chi connectivity index (χ3v) is 12.1. The van der Waals surface area contributed by atoms with Gasteiger partial charge in [0.05, 0.1) is 25.4 Å². The zero-order valence-corrected chi connectivity index (χ0v) is 32.5. The third-order valence-electron chi connectivity index (χ3n) is 12.1. The zero-order chi connectivity index (χ0) is 41.3. The van der Waals surface area contributed by atoms with Gasteiger partial charge in [0.1, 0.15) is 57.9 Å². The molecule has 8 rings (SSSR count). The first-order valence-electron chi connectivity index (χ1n) is 19.6. The summed E-state index contributed by atoms with van der Waals surface area (Å²) in [5.74, 6) is -7.70. The van der Waals surface area contributed by atoms with Crippen LogP contribution in [0.1, 0.15) is 76.3 Å². The van der Waals surface area contributed by atoms with E-state index in [2.05, 4.69) is 0 Å². The number of phenolic OH excluding ortho intramolecular Hbond substituents is 2. The summed E-state index contributed by atoms with van der Waals surface area (Å²) < 4.78 is 47.3. The Labute approximate surface area is 333 Å². The lowest BCUT2D eigenvalue weighted by atomic mass is 9.69. The fourth-order valence-corrected chi connectivity index (χ4v) is 9.39. The smallest absolute Gasteiger partial charge is 0.358 e. The highest BCUT2D eigenvalue weighted by Gasteiger charge is 2.66. The average molecular weight is 807 g/mol. The van der Waals surface area contributed by atoms with Crippen LogP contribution in [-0.4, -0.2) is 107 Å². The number of hydrogen-bond acceptors (Lipinski definition) is 16. The van der Waals surface area contributed by atoms with Crippen molar-refractivity contribution in [3.63, 3.8) is 0 Å². The Balaban J connectivity index is 1.23. The summed E-state index contributed by atoms with van der Waals surface area (Å²) >= 11 is 0. The van der Waals surface area contributed by atoms with Crippen LogP contribution in [0.4, 0.5) is 0 Å². The minimum absolute atomic E-state index is 0.109. The van der Waals surface area contributed by atoms with E-state index in [0.717, 1.165) is 39.9 Å². The number of methoxy groups -OCH3 is 2. The number of Topliss-reactive ketones (excluding diaryl/α,β-unsaturated/α-hetero) is 2. The Hall–Kier alpha value is -5.16. The lowest BCUT2D eigenvalue weighted by Gasteiger charge is -2.48. The molecule has 6 aliphatic rings. The van der Waals surface area contributed by atoms with Crippen molar-refractivity contribution in [3.8, 4) is 34.1 Å². The summed E-state index contributed by atoms with van der Waals surface area (Å²) in [5.41, 5.74) is -6.40. The van der Waals surface area contributed by atoms with Gasteiger partial charge in [-0.25, -0.2) is 9.59 Å². The van der Waals surface area contributed by atoms with Crippen LogP contribution in [0, 0.1) is 11.8 Å². The van der Waals surface area contributed by atoms with Crippen LogP contribution in [0.3, 0.4) is 0 Å². The number of aromatic hydroxyl groups is 2. The standard InChI is InChI=1S/C42H46O16/c1-19-17-23(43)31-35(47)29-25(57-41(31,39(49)51-3)37(19)55-27-9-5-7-15-53-27)13-11-21(33(29)45)22-12-14-26-30(34(22)46)36(48)32-24(44)18-20(2)38(42(32,58-26)40(50)52-4)56-28-10-6-8-16-54-28/h11-14,19-20,27-28,37-38,45-48H,5-10,15-18H2,1-4H3/t19-,20-,27?,28?,37-,38+,41+,42+/m0/s1. The summed E-state index contributed by atoms with van der Waals surface area (Å²) in [6.07, 6.45) is 0.363. The van der Waals surface area contributed by atoms with Gasteiger partial charge >= 0.3 is 11.9 Å². The minimum atomic E-state index is -2.26. The topological polar surface area (TPSA) is 223 Å². The number of aliphatic hydroxyl groups is 2. The first kappa shape index (κ1) is 39.7. The van der Waals surface area contributed by atoms with Crippen molar-refractivity contribution in [3.05, 3.63) is 46.5 Å². The van der Waals surface area contributed by atoms with Gasteiger partial charge < -0.3 is 58.3 Å². The maximum atomic E-state index is 13.8. The van der Waals surface area contributed by atoms with E-state index in [1.165, 1.54) is 24.3 Å². The Morgan fingerprint density at radius 3 is 1.38 bits per heavy atom. The normalized spacial score (nSPS) is 31.9. The minimum Gasteiger partial charge on any atom is -0.506 e. The number of ketones is 2. The van der Waals surface area contributed by atoms with Crippen molar-refractivity contribution < 1.29 is 77.5 Å². The van der Waals surface area contributed by atoms with Gasteiger partial charge in [-0.05, 0) is 74.6 Å². The molecule has 58 heavy (non-hydrogen) atoms. The van der Waals surface area contributed by atoms with Crippen LogP contribution in [0.2, 0.25) is 0 Å². The SMILES string of the molecule is COC(=O)[C@@]12Oc3ccc(-c4ccc5c(c4O)C(O)=C4C(=O)C[C@H](C)[C@H](OC6CCCCO6)[C@]4(C(=O)OC)O5)c(O)c3C(O)=C1C(=O)C[C@H](C)[C@H]2OC1CCCCO1. The van der Waals surface area contributed by atoms with Crippen molar-refractivity contribution in [2.24, 2.45) is 11.8 Å².